The quantitative estimate of drug-likeness (QED) is 0.455. The van der Waals surface area contributed by atoms with Crippen molar-refractivity contribution < 1.29 is 0 Å². The zero-order chi connectivity index (χ0) is 17.9. The first-order valence-electron chi connectivity index (χ1n) is 8.51. The highest BCUT2D eigenvalue weighted by atomic mass is 79.9. The third-order valence-electron chi connectivity index (χ3n) is 4.26. The van der Waals surface area contributed by atoms with Gasteiger partial charge in [0.25, 0.3) is 0 Å². The lowest BCUT2D eigenvalue weighted by atomic mass is 10.1. The Balaban J connectivity index is 1.77. The highest BCUT2D eigenvalue weighted by molar-refractivity contribution is 9.10. The molecule has 0 saturated heterocycles. The van der Waals surface area contributed by atoms with E-state index in [2.05, 4.69) is 58.5 Å². The van der Waals surface area contributed by atoms with Crippen molar-refractivity contribution >= 4 is 32.7 Å². The van der Waals surface area contributed by atoms with Crippen LogP contribution in [0.1, 0.15) is 11.1 Å². The molecule has 1 aromatic heterocycles. The Morgan fingerprint density at radius 3 is 2.42 bits per heavy atom. The summed E-state index contributed by atoms with van der Waals surface area (Å²) in [6, 6.07) is 24.7. The van der Waals surface area contributed by atoms with Crippen molar-refractivity contribution in [3.63, 3.8) is 0 Å². The Hall–Kier alpha value is -2.72. The van der Waals surface area contributed by atoms with E-state index >= 15 is 0 Å². The summed E-state index contributed by atoms with van der Waals surface area (Å²) in [7, 11) is 0. The van der Waals surface area contributed by atoms with E-state index in [0.717, 1.165) is 39.1 Å². The molecule has 4 rings (SSSR count). The van der Waals surface area contributed by atoms with Gasteiger partial charge in [0.05, 0.1) is 5.52 Å². The molecule has 4 heteroatoms. The third-order valence-corrected chi connectivity index (χ3v) is 4.79. The molecular formula is C22H18BrN3. The smallest absolute Gasteiger partial charge is 0.162 e. The summed E-state index contributed by atoms with van der Waals surface area (Å²) in [5.41, 5.74) is 4.36. The number of hydrogen-bond donors (Lipinski definition) is 1. The van der Waals surface area contributed by atoms with Crippen LogP contribution in [0.3, 0.4) is 0 Å². The van der Waals surface area contributed by atoms with Gasteiger partial charge in [-0.3, -0.25) is 0 Å². The number of nitrogens with zero attached hydrogens (tertiary/aromatic N) is 2. The molecule has 0 atom stereocenters. The summed E-state index contributed by atoms with van der Waals surface area (Å²) in [4.78, 5) is 9.58. The summed E-state index contributed by atoms with van der Waals surface area (Å²) in [6.07, 6.45) is 0. The van der Waals surface area contributed by atoms with Crippen LogP contribution in [0.5, 0.6) is 0 Å². The lowest BCUT2D eigenvalue weighted by molar-refractivity contribution is 1.11. The van der Waals surface area contributed by atoms with E-state index in [-0.39, 0.29) is 0 Å². The molecule has 128 valence electrons. The number of benzene rings is 3. The van der Waals surface area contributed by atoms with E-state index < -0.39 is 0 Å². The van der Waals surface area contributed by atoms with Crippen molar-refractivity contribution in [1.82, 2.24) is 9.97 Å². The van der Waals surface area contributed by atoms with E-state index in [1.165, 1.54) is 11.1 Å². The van der Waals surface area contributed by atoms with Gasteiger partial charge in [0, 0.05) is 22.0 Å². The first kappa shape index (κ1) is 16.7. The van der Waals surface area contributed by atoms with Gasteiger partial charge in [-0.2, -0.15) is 0 Å². The predicted molar refractivity (Wildman–Crippen MR) is 111 cm³/mol. The molecule has 0 spiro atoms. The van der Waals surface area contributed by atoms with Crippen molar-refractivity contribution in [1.29, 1.82) is 0 Å². The van der Waals surface area contributed by atoms with Crippen LogP contribution in [-0.2, 0) is 6.54 Å². The number of aromatic nitrogens is 2. The first-order valence-corrected chi connectivity index (χ1v) is 9.30. The number of fused-ring (bicyclic) bond motifs is 1. The van der Waals surface area contributed by atoms with E-state index in [1.807, 2.05) is 42.5 Å². The van der Waals surface area contributed by atoms with Crippen molar-refractivity contribution in [2.45, 2.75) is 13.5 Å². The van der Waals surface area contributed by atoms with Crippen LogP contribution in [-0.4, -0.2) is 9.97 Å². The number of nitrogens with one attached hydrogen (secondary N) is 1. The Kier molecular flexibility index (Phi) is 4.67. The normalized spacial score (nSPS) is 10.8. The summed E-state index contributed by atoms with van der Waals surface area (Å²) in [5.74, 6) is 1.59. The minimum atomic E-state index is 0.723. The van der Waals surface area contributed by atoms with Crippen LogP contribution in [0.2, 0.25) is 0 Å². The zero-order valence-corrected chi connectivity index (χ0v) is 16.0. The van der Waals surface area contributed by atoms with Gasteiger partial charge in [-0.15, -0.1) is 0 Å². The zero-order valence-electron chi connectivity index (χ0n) is 14.4. The van der Waals surface area contributed by atoms with E-state index in [9.17, 15) is 0 Å². The molecule has 0 fully saturated rings. The van der Waals surface area contributed by atoms with Crippen molar-refractivity contribution in [3.8, 4) is 11.4 Å². The first-order chi connectivity index (χ1) is 12.7. The van der Waals surface area contributed by atoms with Crippen LogP contribution in [0.25, 0.3) is 22.3 Å². The standard InChI is InChI=1S/C22H18BrN3/c1-15-7-12-20-19(13-15)22(24-14-16-5-3-2-4-6-16)26-21(25-20)17-8-10-18(23)11-9-17/h2-13H,14H2,1H3,(H,24,25,26). The maximum absolute atomic E-state index is 4.82. The van der Waals surface area contributed by atoms with Crippen LogP contribution in [0.15, 0.2) is 77.3 Å². The predicted octanol–water partition coefficient (Wildman–Crippen LogP) is 5.98. The van der Waals surface area contributed by atoms with Gasteiger partial charge < -0.3 is 5.32 Å². The Bertz CT molecular complexity index is 1040. The molecular weight excluding hydrogens is 386 g/mol. The number of halogens is 1. The fourth-order valence-corrected chi connectivity index (χ4v) is 3.15. The lowest BCUT2D eigenvalue weighted by Crippen LogP contribution is -2.04. The average molecular weight is 404 g/mol. The molecule has 0 aliphatic carbocycles. The van der Waals surface area contributed by atoms with Gasteiger partial charge >= 0.3 is 0 Å². The minimum Gasteiger partial charge on any atom is -0.365 e. The van der Waals surface area contributed by atoms with E-state index in [1.54, 1.807) is 0 Å². The fraction of sp³-hybridized carbons (Fsp3) is 0.0909. The van der Waals surface area contributed by atoms with Crippen molar-refractivity contribution in [3.05, 3.63) is 88.4 Å². The molecule has 1 heterocycles. The lowest BCUT2D eigenvalue weighted by Gasteiger charge is -2.12. The fourth-order valence-electron chi connectivity index (χ4n) is 2.89. The summed E-state index contributed by atoms with van der Waals surface area (Å²) >= 11 is 3.48. The second-order valence-electron chi connectivity index (χ2n) is 6.26. The molecule has 0 bridgehead atoms. The van der Waals surface area contributed by atoms with Gasteiger partial charge in [0.2, 0.25) is 0 Å². The highest BCUT2D eigenvalue weighted by Gasteiger charge is 2.10. The Morgan fingerprint density at radius 1 is 0.885 bits per heavy atom. The van der Waals surface area contributed by atoms with Crippen LogP contribution >= 0.6 is 15.9 Å². The van der Waals surface area contributed by atoms with Gasteiger partial charge in [0.1, 0.15) is 5.82 Å². The molecule has 0 unspecified atom stereocenters. The van der Waals surface area contributed by atoms with Gasteiger partial charge in [0.15, 0.2) is 5.82 Å². The molecule has 3 nitrogen and oxygen atoms in total. The third kappa shape index (κ3) is 3.60. The molecule has 1 N–H and O–H groups in total. The Labute approximate surface area is 161 Å². The largest absolute Gasteiger partial charge is 0.365 e. The van der Waals surface area contributed by atoms with Crippen LogP contribution in [0.4, 0.5) is 5.82 Å². The SMILES string of the molecule is Cc1ccc2nc(-c3ccc(Br)cc3)nc(NCc3ccccc3)c2c1. The van der Waals surface area contributed by atoms with Crippen molar-refractivity contribution in [2.24, 2.45) is 0 Å². The average Bonchev–Trinajstić information content (AvgIpc) is 2.67. The van der Waals surface area contributed by atoms with Gasteiger partial charge in [-0.05, 0) is 36.8 Å². The topological polar surface area (TPSA) is 37.8 Å². The maximum Gasteiger partial charge on any atom is 0.162 e. The summed E-state index contributed by atoms with van der Waals surface area (Å²) in [6.45, 7) is 2.81. The van der Waals surface area contributed by atoms with Crippen LogP contribution < -0.4 is 5.32 Å². The molecule has 0 aliphatic rings. The number of aryl methyl sites for hydroxylation is 1. The monoisotopic (exact) mass is 403 g/mol. The molecule has 0 radical (unpaired) electrons. The van der Waals surface area contributed by atoms with Gasteiger partial charge in [-0.25, -0.2) is 9.97 Å². The number of hydrogen-bond acceptors (Lipinski definition) is 3. The van der Waals surface area contributed by atoms with E-state index in [0.29, 0.717) is 0 Å². The second-order valence-corrected chi connectivity index (χ2v) is 7.18. The van der Waals surface area contributed by atoms with Crippen molar-refractivity contribution in [2.75, 3.05) is 5.32 Å². The maximum atomic E-state index is 4.82. The summed E-state index contributed by atoms with van der Waals surface area (Å²) < 4.78 is 1.04. The Morgan fingerprint density at radius 2 is 1.65 bits per heavy atom. The van der Waals surface area contributed by atoms with Gasteiger partial charge in [-0.1, -0.05) is 70.0 Å². The minimum absolute atomic E-state index is 0.723. The molecule has 3 aromatic carbocycles. The molecule has 0 amide bonds. The molecule has 4 aromatic rings. The van der Waals surface area contributed by atoms with Crippen LogP contribution in [0, 0.1) is 6.92 Å². The second kappa shape index (κ2) is 7.26. The molecule has 26 heavy (non-hydrogen) atoms. The van der Waals surface area contributed by atoms with E-state index in [4.69, 9.17) is 9.97 Å². The highest BCUT2D eigenvalue weighted by Crippen LogP contribution is 2.27. The summed E-state index contributed by atoms with van der Waals surface area (Å²) in [5, 5.41) is 4.54. The number of anilines is 1. The molecule has 0 aliphatic heterocycles. The number of rotatable bonds is 4. The molecule has 0 saturated carbocycles.